The molecule has 0 aliphatic carbocycles. The Morgan fingerprint density at radius 3 is 1.30 bits per heavy atom. The van der Waals surface area contributed by atoms with Gasteiger partial charge in [0.15, 0.2) is 12.4 Å². The predicted molar refractivity (Wildman–Crippen MR) is 329 cm³/mol. The molecule has 11 heteroatoms. The van der Waals surface area contributed by atoms with Crippen LogP contribution in [0, 0.1) is 0 Å². The van der Waals surface area contributed by atoms with Gasteiger partial charge in [0, 0.05) is 12.8 Å². The summed E-state index contributed by atoms with van der Waals surface area (Å²) in [4.78, 5) is 26.5. The second-order valence-corrected chi connectivity index (χ2v) is 23.2. The summed E-state index contributed by atoms with van der Waals surface area (Å²) in [5.74, 6) is -1.26. The number of nitrogens with one attached hydrogen (secondary N) is 1. The quantitative estimate of drug-likeness (QED) is 0.0195. The molecule has 0 aromatic carbocycles. The Labute approximate surface area is 485 Å². The molecule has 1 amide bonds. The fourth-order valence-electron chi connectivity index (χ4n) is 10.4. The van der Waals surface area contributed by atoms with Gasteiger partial charge in [-0.3, -0.25) is 9.59 Å². The van der Waals surface area contributed by atoms with Crippen LogP contribution in [0.3, 0.4) is 0 Å². The number of rotatable bonds is 57. The van der Waals surface area contributed by atoms with Gasteiger partial charge in [0.2, 0.25) is 5.91 Å². The van der Waals surface area contributed by atoms with Gasteiger partial charge in [-0.05, 0) is 64.2 Å². The minimum absolute atomic E-state index is 0.0833. The molecule has 1 aliphatic heterocycles. The van der Waals surface area contributed by atoms with Crippen LogP contribution in [0.25, 0.3) is 0 Å². The summed E-state index contributed by atoms with van der Waals surface area (Å²) in [5, 5.41) is 56.9. The number of esters is 1. The molecule has 0 aromatic heterocycles. The van der Waals surface area contributed by atoms with E-state index in [-0.39, 0.29) is 19.4 Å². The van der Waals surface area contributed by atoms with Crippen molar-refractivity contribution in [2.24, 2.45) is 0 Å². The highest BCUT2D eigenvalue weighted by atomic mass is 16.7. The second kappa shape index (κ2) is 56.1. The van der Waals surface area contributed by atoms with Crippen molar-refractivity contribution >= 4 is 11.9 Å². The number of aliphatic hydroxyl groups excluding tert-OH is 5. The molecule has 79 heavy (non-hydrogen) atoms. The van der Waals surface area contributed by atoms with Crippen LogP contribution in [0.5, 0.6) is 0 Å². The molecule has 1 aliphatic rings. The molecule has 8 atom stereocenters. The fraction of sp³-hybridized carbons (Fsp3) is 0.853. The maximum Gasteiger partial charge on any atom is 0.306 e. The van der Waals surface area contributed by atoms with E-state index in [2.05, 4.69) is 50.4 Å². The SMILES string of the molecule is CCCCCCCC/C=C\C/C=C/CC(O)C(=O)NC(COC1OC(CO)C(O)C(O)C1OC(=O)CCCCCCCCCCCCCCCCC/C=C/CCCCCCCC)C(O)/C=C/CCCCCCCCCCCCC. The highest BCUT2D eigenvalue weighted by Gasteiger charge is 2.47. The van der Waals surface area contributed by atoms with Gasteiger partial charge < -0.3 is 45.1 Å². The molecule has 1 heterocycles. The molecule has 11 nitrogen and oxygen atoms in total. The summed E-state index contributed by atoms with van der Waals surface area (Å²) in [7, 11) is 0. The van der Waals surface area contributed by atoms with Gasteiger partial charge in [-0.1, -0.05) is 281 Å². The first-order valence-corrected chi connectivity index (χ1v) is 33.4. The van der Waals surface area contributed by atoms with Crippen LogP contribution in [-0.2, 0) is 23.8 Å². The number of allylic oxidation sites excluding steroid dienone is 6. The van der Waals surface area contributed by atoms with Crippen molar-refractivity contribution in [3.63, 3.8) is 0 Å². The Bertz CT molecular complexity index is 1470. The van der Waals surface area contributed by atoms with E-state index in [9.17, 15) is 35.1 Å². The van der Waals surface area contributed by atoms with Gasteiger partial charge >= 0.3 is 5.97 Å². The van der Waals surface area contributed by atoms with E-state index in [0.717, 1.165) is 44.9 Å². The Kier molecular flexibility index (Phi) is 53.0. The average molecular weight is 1120 g/mol. The van der Waals surface area contributed by atoms with Gasteiger partial charge in [-0.25, -0.2) is 0 Å². The number of hydrogen-bond donors (Lipinski definition) is 6. The fourth-order valence-corrected chi connectivity index (χ4v) is 10.4. The van der Waals surface area contributed by atoms with Crippen molar-refractivity contribution in [1.82, 2.24) is 5.32 Å². The smallest absolute Gasteiger partial charge is 0.306 e. The summed E-state index contributed by atoms with van der Waals surface area (Å²) in [5.41, 5.74) is 0. The normalized spacial score (nSPS) is 19.1. The molecule has 0 spiro atoms. The maximum atomic E-state index is 13.4. The van der Waals surface area contributed by atoms with Gasteiger partial charge in [-0.2, -0.15) is 0 Å². The summed E-state index contributed by atoms with van der Waals surface area (Å²) in [6.45, 7) is 5.76. The molecule has 1 rings (SSSR count). The van der Waals surface area contributed by atoms with E-state index in [1.807, 2.05) is 12.2 Å². The topological polar surface area (TPSA) is 175 Å². The van der Waals surface area contributed by atoms with Gasteiger partial charge in [-0.15, -0.1) is 0 Å². The summed E-state index contributed by atoms with van der Waals surface area (Å²) >= 11 is 0. The van der Waals surface area contributed by atoms with E-state index in [0.29, 0.717) is 12.8 Å². The number of unbranched alkanes of at least 4 members (excludes halogenated alkanes) is 38. The number of hydrogen-bond acceptors (Lipinski definition) is 10. The van der Waals surface area contributed by atoms with Crippen molar-refractivity contribution in [2.45, 2.75) is 359 Å². The molecule has 462 valence electrons. The van der Waals surface area contributed by atoms with E-state index in [1.54, 1.807) is 12.2 Å². The zero-order valence-electron chi connectivity index (χ0n) is 51.2. The summed E-state index contributed by atoms with van der Waals surface area (Å²) in [6.07, 6.45) is 59.0. The van der Waals surface area contributed by atoms with Crippen LogP contribution in [0.1, 0.15) is 310 Å². The Hall–Kier alpha value is -2.38. The zero-order valence-corrected chi connectivity index (χ0v) is 51.2. The third-order valence-electron chi connectivity index (χ3n) is 15.7. The number of carbonyl (C=O) groups is 2. The van der Waals surface area contributed by atoms with Crippen LogP contribution in [0.15, 0.2) is 48.6 Å². The molecule has 0 saturated carbocycles. The number of aliphatic hydroxyl groups is 5. The van der Waals surface area contributed by atoms with Crippen LogP contribution in [-0.4, -0.2) is 99.6 Å². The second-order valence-electron chi connectivity index (χ2n) is 23.2. The minimum atomic E-state index is -1.62. The van der Waals surface area contributed by atoms with Gasteiger partial charge in [0.25, 0.3) is 0 Å². The lowest BCUT2D eigenvalue weighted by molar-refractivity contribution is -0.305. The number of carbonyl (C=O) groups excluding carboxylic acids is 2. The molecule has 0 bridgehead atoms. The summed E-state index contributed by atoms with van der Waals surface area (Å²) in [6, 6.07) is -1.05. The monoisotopic (exact) mass is 1120 g/mol. The first-order valence-electron chi connectivity index (χ1n) is 33.4. The van der Waals surface area contributed by atoms with Gasteiger partial charge in [0.1, 0.15) is 24.4 Å². The molecule has 1 fully saturated rings. The van der Waals surface area contributed by atoms with Crippen LogP contribution in [0.4, 0.5) is 0 Å². The summed E-state index contributed by atoms with van der Waals surface area (Å²) < 4.78 is 17.6. The van der Waals surface area contributed by atoms with E-state index in [4.69, 9.17) is 14.2 Å². The highest BCUT2D eigenvalue weighted by Crippen LogP contribution is 2.26. The molecule has 1 saturated heterocycles. The highest BCUT2D eigenvalue weighted by molar-refractivity contribution is 5.81. The van der Waals surface area contributed by atoms with E-state index < -0.39 is 67.4 Å². The predicted octanol–water partition coefficient (Wildman–Crippen LogP) is 16.4. The minimum Gasteiger partial charge on any atom is -0.454 e. The zero-order chi connectivity index (χ0) is 57.5. The van der Waals surface area contributed by atoms with Crippen LogP contribution < -0.4 is 5.32 Å². The molecule has 6 N–H and O–H groups in total. The number of amides is 1. The van der Waals surface area contributed by atoms with Crippen LogP contribution in [0.2, 0.25) is 0 Å². The number of ether oxygens (including phenoxy) is 3. The Balaban J connectivity index is 2.58. The van der Waals surface area contributed by atoms with Crippen molar-refractivity contribution in [1.29, 1.82) is 0 Å². The third-order valence-corrected chi connectivity index (χ3v) is 15.7. The molecular formula is C68H125NO10. The maximum absolute atomic E-state index is 13.4. The van der Waals surface area contributed by atoms with Gasteiger partial charge in [0.05, 0.1) is 25.4 Å². The van der Waals surface area contributed by atoms with Crippen molar-refractivity contribution in [2.75, 3.05) is 13.2 Å². The molecule has 0 radical (unpaired) electrons. The van der Waals surface area contributed by atoms with Crippen LogP contribution >= 0.6 is 0 Å². The lowest BCUT2D eigenvalue weighted by atomic mass is 9.99. The largest absolute Gasteiger partial charge is 0.454 e. The lowest BCUT2D eigenvalue weighted by Crippen LogP contribution is -2.61. The first-order chi connectivity index (χ1) is 38.7. The van der Waals surface area contributed by atoms with Crippen molar-refractivity contribution in [3.05, 3.63) is 48.6 Å². The molecular weight excluding hydrogens is 991 g/mol. The molecule has 0 aromatic rings. The third kappa shape index (κ3) is 43.9. The van der Waals surface area contributed by atoms with E-state index in [1.165, 1.54) is 218 Å². The van der Waals surface area contributed by atoms with Crippen molar-refractivity contribution in [3.8, 4) is 0 Å². The van der Waals surface area contributed by atoms with E-state index >= 15 is 0 Å². The lowest BCUT2D eigenvalue weighted by Gasteiger charge is -2.41. The Morgan fingerprint density at radius 2 is 0.873 bits per heavy atom. The standard InChI is InChI=1S/C68H125NO10/c1-4-7-10-13-16-19-22-25-26-27-28-29-30-31-32-33-34-35-36-38-41-44-47-50-53-56-63(73)79-66-65(75)64(74)62(57-70)78-68(66)77-58-59(60(71)54-51-48-45-42-40-37-23-20-17-14-11-8-5-2)69-67(76)61(72)55-52-49-46-43-39-24-21-18-15-12-9-6-3/h25-26,39,43,49,51-52,54,59-62,64-66,68,70-72,74-75H,4-24,27-38,40-42,44-48,50,53,55-58H2,1-3H3,(H,69,76)/b26-25+,43-39-,52-49+,54-51+. The molecule has 8 unspecified atom stereocenters. The van der Waals surface area contributed by atoms with Crippen molar-refractivity contribution < 1.29 is 49.3 Å². The average Bonchev–Trinajstić information content (AvgIpc) is 3.51. The first kappa shape index (κ1) is 74.6. The Morgan fingerprint density at radius 1 is 0.494 bits per heavy atom.